The quantitative estimate of drug-likeness (QED) is 0.753. The standard InChI is InChI=1S/C16H22O2/c1-11-5-4-6-13(9-11)16(17)14-8-7-12(2)10-15(14)18-3/h7-8,10-11,13H,4-6,9H2,1-3H3. The van der Waals surface area contributed by atoms with Crippen molar-refractivity contribution in [2.45, 2.75) is 39.5 Å². The van der Waals surface area contributed by atoms with Gasteiger partial charge in [0, 0.05) is 5.92 Å². The molecule has 2 atom stereocenters. The summed E-state index contributed by atoms with van der Waals surface area (Å²) >= 11 is 0. The van der Waals surface area contributed by atoms with Crippen molar-refractivity contribution in [3.05, 3.63) is 29.3 Å². The fraction of sp³-hybridized carbons (Fsp3) is 0.562. The summed E-state index contributed by atoms with van der Waals surface area (Å²) in [7, 11) is 1.63. The third kappa shape index (κ3) is 2.74. The smallest absolute Gasteiger partial charge is 0.169 e. The summed E-state index contributed by atoms with van der Waals surface area (Å²) in [5.41, 5.74) is 1.88. The summed E-state index contributed by atoms with van der Waals surface area (Å²) in [6.07, 6.45) is 4.48. The Kier molecular flexibility index (Phi) is 4.05. The monoisotopic (exact) mass is 246 g/mol. The van der Waals surface area contributed by atoms with Crippen molar-refractivity contribution in [3.8, 4) is 5.75 Å². The van der Waals surface area contributed by atoms with Crippen LogP contribution in [0, 0.1) is 18.8 Å². The Bertz CT molecular complexity index is 437. The Hall–Kier alpha value is -1.31. The predicted molar refractivity (Wildman–Crippen MR) is 73.2 cm³/mol. The van der Waals surface area contributed by atoms with Gasteiger partial charge >= 0.3 is 0 Å². The predicted octanol–water partition coefficient (Wildman–Crippen LogP) is 4.01. The Labute approximate surface area is 109 Å². The first-order chi connectivity index (χ1) is 8.61. The lowest BCUT2D eigenvalue weighted by molar-refractivity contribution is 0.0865. The number of aryl methyl sites for hydroxylation is 1. The minimum absolute atomic E-state index is 0.186. The van der Waals surface area contributed by atoms with Gasteiger partial charge < -0.3 is 4.74 Å². The van der Waals surface area contributed by atoms with Gasteiger partial charge in [-0.15, -0.1) is 0 Å². The van der Waals surface area contributed by atoms with Gasteiger partial charge in [0.25, 0.3) is 0 Å². The van der Waals surface area contributed by atoms with Crippen molar-refractivity contribution in [2.75, 3.05) is 7.11 Å². The average Bonchev–Trinajstić information content (AvgIpc) is 2.37. The minimum Gasteiger partial charge on any atom is -0.496 e. The molecule has 0 N–H and O–H groups in total. The molecule has 0 amide bonds. The number of ether oxygens (including phenoxy) is 1. The van der Waals surface area contributed by atoms with Crippen LogP contribution in [-0.4, -0.2) is 12.9 Å². The molecule has 98 valence electrons. The van der Waals surface area contributed by atoms with E-state index in [1.54, 1.807) is 7.11 Å². The zero-order chi connectivity index (χ0) is 13.1. The lowest BCUT2D eigenvalue weighted by atomic mass is 9.78. The van der Waals surface area contributed by atoms with Crippen molar-refractivity contribution in [2.24, 2.45) is 11.8 Å². The van der Waals surface area contributed by atoms with Crippen molar-refractivity contribution < 1.29 is 9.53 Å². The Balaban J connectivity index is 2.22. The summed E-state index contributed by atoms with van der Waals surface area (Å²) < 4.78 is 5.34. The van der Waals surface area contributed by atoms with Crippen LogP contribution in [0.25, 0.3) is 0 Å². The zero-order valence-electron chi connectivity index (χ0n) is 11.5. The van der Waals surface area contributed by atoms with Crippen LogP contribution in [-0.2, 0) is 0 Å². The van der Waals surface area contributed by atoms with E-state index in [4.69, 9.17) is 4.74 Å². The molecule has 0 aliphatic heterocycles. The summed E-state index contributed by atoms with van der Waals surface area (Å²) in [5, 5.41) is 0. The number of methoxy groups -OCH3 is 1. The van der Waals surface area contributed by atoms with Crippen molar-refractivity contribution in [1.82, 2.24) is 0 Å². The molecule has 0 spiro atoms. The number of Topliss-reactive ketones (excluding diaryl/α,β-unsaturated/α-hetero) is 1. The molecule has 0 aromatic heterocycles. The molecule has 1 fully saturated rings. The SMILES string of the molecule is COc1cc(C)ccc1C(=O)C1CCCC(C)C1. The van der Waals surface area contributed by atoms with Crippen molar-refractivity contribution >= 4 is 5.78 Å². The summed E-state index contributed by atoms with van der Waals surface area (Å²) in [4.78, 5) is 12.6. The van der Waals surface area contributed by atoms with Gasteiger partial charge in [0.1, 0.15) is 5.75 Å². The molecule has 18 heavy (non-hydrogen) atoms. The van der Waals surface area contributed by atoms with Gasteiger partial charge in [-0.05, 0) is 43.4 Å². The van der Waals surface area contributed by atoms with E-state index in [1.165, 1.54) is 12.8 Å². The molecule has 1 aliphatic carbocycles. The van der Waals surface area contributed by atoms with E-state index >= 15 is 0 Å². The van der Waals surface area contributed by atoms with E-state index in [-0.39, 0.29) is 11.7 Å². The molecule has 1 aromatic carbocycles. The lowest BCUT2D eigenvalue weighted by Crippen LogP contribution is -2.22. The molecule has 0 saturated heterocycles. The fourth-order valence-electron chi connectivity index (χ4n) is 2.89. The van der Waals surface area contributed by atoms with Gasteiger partial charge in [0.15, 0.2) is 5.78 Å². The topological polar surface area (TPSA) is 26.3 Å². The molecule has 0 bridgehead atoms. The number of ketones is 1. The molecule has 0 radical (unpaired) electrons. The summed E-state index contributed by atoms with van der Waals surface area (Å²) in [6, 6.07) is 5.84. The second-order valence-corrected chi connectivity index (χ2v) is 5.54. The van der Waals surface area contributed by atoms with Crippen LogP contribution in [0.4, 0.5) is 0 Å². The maximum atomic E-state index is 12.6. The van der Waals surface area contributed by atoms with E-state index in [0.29, 0.717) is 5.92 Å². The number of rotatable bonds is 3. The average molecular weight is 246 g/mol. The van der Waals surface area contributed by atoms with Gasteiger partial charge in [-0.1, -0.05) is 25.8 Å². The second-order valence-electron chi connectivity index (χ2n) is 5.54. The highest BCUT2D eigenvalue weighted by molar-refractivity contribution is 6.00. The van der Waals surface area contributed by atoms with Crippen LogP contribution in [0.5, 0.6) is 5.75 Å². The highest BCUT2D eigenvalue weighted by Crippen LogP contribution is 2.33. The Morgan fingerprint density at radius 1 is 1.33 bits per heavy atom. The number of carbonyl (C=O) groups is 1. The van der Waals surface area contributed by atoms with E-state index < -0.39 is 0 Å². The van der Waals surface area contributed by atoms with Crippen LogP contribution in [0.1, 0.15) is 48.5 Å². The Morgan fingerprint density at radius 2 is 2.11 bits per heavy atom. The van der Waals surface area contributed by atoms with Gasteiger partial charge in [-0.3, -0.25) is 4.79 Å². The van der Waals surface area contributed by atoms with Crippen LogP contribution < -0.4 is 4.74 Å². The molecular formula is C16H22O2. The van der Waals surface area contributed by atoms with Crippen LogP contribution in [0.2, 0.25) is 0 Å². The van der Waals surface area contributed by atoms with Crippen LogP contribution in [0.3, 0.4) is 0 Å². The molecule has 1 aromatic rings. The maximum absolute atomic E-state index is 12.6. The van der Waals surface area contributed by atoms with E-state index in [0.717, 1.165) is 29.7 Å². The third-order valence-electron chi connectivity index (χ3n) is 3.93. The van der Waals surface area contributed by atoms with Crippen molar-refractivity contribution in [1.29, 1.82) is 0 Å². The summed E-state index contributed by atoms with van der Waals surface area (Å²) in [6.45, 7) is 4.26. The zero-order valence-corrected chi connectivity index (χ0v) is 11.5. The van der Waals surface area contributed by atoms with Crippen LogP contribution in [0.15, 0.2) is 18.2 Å². The van der Waals surface area contributed by atoms with Crippen molar-refractivity contribution in [3.63, 3.8) is 0 Å². The molecular weight excluding hydrogens is 224 g/mol. The van der Waals surface area contributed by atoms with E-state index in [2.05, 4.69) is 6.92 Å². The fourth-order valence-corrected chi connectivity index (χ4v) is 2.89. The van der Waals surface area contributed by atoms with E-state index in [9.17, 15) is 4.79 Å². The minimum atomic E-state index is 0.186. The third-order valence-corrected chi connectivity index (χ3v) is 3.93. The van der Waals surface area contributed by atoms with Gasteiger partial charge in [-0.25, -0.2) is 0 Å². The molecule has 1 saturated carbocycles. The first-order valence-electron chi connectivity index (χ1n) is 6.80. The molecule has 2 nitrogen and oxygen atoms in total. The lowest BCUT2D eigenvalue weighted by Gasteiger charge is -2.26. The van der Waals surface area contributed by atoms with Crippen LogP contribution >= 0.6 is 0 Å². The first-order valence-corrected chi connectivity index (χ1v) is 6.80. The van der Waals surface area contributed by atoms with Gasteiger partial charge in [0.2, 0.25) is 0 Å². The first kappa shape index (κ1) is 13.1. The highest BCUT2D eigenvalue weighted by Gasteiger charge is 2.27. The molecule has 1 aliphatic rings. The number of hydrogen-bond donors (Lipinski definition) is 0. The molecule has 2 heteroatoms. The molecule has 0 heterocycles. The maximum Gasteiger partial charge on any atom is 0.169 e. The molecule has 2 rings (SSSR count). The number of carbonyl (C=O) groups excluding carboxylic acids is 1. The largest absolute Gasteiger partial charge is 0.496 e. The molecule has 2 unspecified atom stereocenters. The normalized spacial score (nSPS) is 23.7. The number of hydrogen-bond acceptors (Lipinski definition) is 2. The second kappa shape index (κ2) is 5.55. The van der Waals surface area contributed by atoms with Gasteiger partial charge in [0.05, 0.1) is 12.7 Å². The van der Waals surface area contributed by atoms with Gasteiger partial charge in [-0.2, -0.15) is 0 Å². The highest BCUT2D eigenvalue weighted by atomic mass is 16.5. The Morgan fingerprint density at radius 3 is 2.78 bits per heavy atom. The summed E-state index contributed by atoms with van der Waals surface area (Å²) in [5.74, 6) is 1.84. The van der Waals surface area contributed by atoms with E-state index in [1.807, 2.05) is 25.1 Å². The number of benzene rings is 1.